The van der Waals surface area contributed by atoms with Crippen molar-refractivity contribution in [3.63, 3.8) is 0 Å². The minimum absolute atomic E-state index is 0.0336. The molecule has 1 unspecified atom stereocenters. The Balaban J connectivity index is 1.54. The quantitative estimate of drug-likeness (QED) is 0.698. The molecule has 146 valence electrons. The van der Waals surface area contributed by atoms with Gasteiger partial charge in [0.05, 0.1) is 0 Å². The average molecular weight is 388 g/mol. The number of amides is 2. The van der Waals surface area contributed by atoms with Gasteiger partial charge in [0, 0.05) is 24.2 Å². The van der Waals surface area contributed by atoms with Crippen LogP contribution >= 0.6 is 0 Å². The van der Waals surface area contributed by atoms with E-state index in [1.807, 2.05) is 36.4 Å². The lowest BCUT2D eigenvalue weighted by Gasteiger charge is -2.11. The van der Waals surface area contributed by atoms with E-state index >= 15 is 0 Å². The fourth-order valence-electron chi connectivity index (χ4n) is 3.85. The molecule has 0 fully saturated rings. The van der Waals surface area contributed by atoms with Gasteiger partial charge >= 0.3 is 0 Å². The van der Waals surface area contributed by atoms with Gasteiger partial charge in [-0.3, -0.25) is 9.59 Å². The fourth-order valence-corrected chi connectivity index (χ4v) is 3.85. The molecule has 4 rings (SSSR count). The summed E-state index contributed by atoms with van der Waals surface area (Å²) in [5.41, 5.74) is 5.09. The maximum Gasteiger partial charge on any atom is 0.256 e. The van der Waals surface area contributed by atoms with Crippen molar-refractivity contribution in [3.05, 3.63) is 89.2 Å². The third-order valence-corrected chi connectivity index (χ3v) is 5.13. The molecule has 0 bridgehead atoms. The molecule has 3 aromatic rings. The standard InChI is InChI=1S/C24H21FN2O2/c1-15(28)26-21-12-17-8-11-20(13-18(17)14-21)27-24(29)23-5-3-2-4-22(23)16-6-9-19(25)10-7-16/h2-11,13,21H,12,14H2,1H3,(H,26,28)(H,27,29). The molecule has 5 heteroatoms. The summed E-state index contributed by atoms with van der Waals surface area (Å²) in [6, 6.07) is 19.3. The summed E-state index contributed by atoms with van der Waals surface area (Å²) >= 11 is 0. The summed E-state index contributed by atoms with van der Waals surface area (Å²) in [5.74, 6) is -0.568. The van der Waals surface area contributed by atoms with E-state index in [-0.39, 0.29) is 23.7 Å². The number of carbonyl (C=O) groups is 2. The van der Waals surface area contributed by atoms with E-state index in [1.54, 1.807) is 18.2 Å². The van der Waals surface area contributed by atoms with Crippen LogP contribution in [0.15, 0.2) is 66.7 Å². The van der Waals surface area contributed by atoms with Crippen LogP contribution in [0.4, 0.5) is 10.1 Å². The predicted octanol–water partition coefficient (Wildman–Crippen LogP) is 4.35. The third kappa shape index (κ3) is 4.19. The van der Waals surface area contributed by atoms with Gasteiger partial charge < -0.3 is 10.6 Å². The van der Waals surface area contributed by atoms with Crippen molar-refractivity contribution in [3.8, 4) is 11.1 Å². The number of anilines is 1. The Morgan fingerprint density at radius 3 is 2.41 bits per heavy atom. The van der Waals surface area contributed by atoms with E-state index in [0.717, 1.165) is 29.5 Å². The smallest absolute Gasteiger partial charge is 0.256 e. The van der Waals surface area contributed by atoms with Crippen LogP contribution in [-0.2, 0) is 17.6 Å². The van der Waals surface area contributed by atoms with Crippen molar-refractivity contribution < 1.29 is 14.0 Å². The van der Waals surface area contributed by atoms with Crippen LogP contribution in [0, 0.1) is 5.82 Å². The van der Waals surface area contributed by atoms with Gasteiger partial charge in [-0.25, -0.2) is 4.39 Å². The van der Waals surface area contributed by atoms with Gasteiger partial charge in [-0.05, 0) is 65.4 Å². The molecule has 0 aromatic heterocycles. The molecule has 0 spiro atoms. The lowest BCUT2D eigenvalue weighted by Crippen LogP contribution is -2.33. The Kier molecular flexibility index (Phi) is 5.12. The highest BCUT2D eigenvalue weighted by atomic mass is 19.1. The fraction of sp³-hybridized carbons (Fsp3) is 0.167. The van der Waals surface area contributed by atoms with Crippen molar-refractivity contribution >= 4 is 17.5 Å². The SMILES string of the molecule is CC(=O)NC1Cc2ccc(NC(=O)c3ccccc3-c3ccc(F)cc3)cc2C1. The van der Waals surface area contributed by atoms with E-state index in [1.165, 1.54) is 24.6 Å². The highest BCUT2D eigenvalue weighted by molar-refractivity contribution is 6.08. The van der Waals surface area contributed by atoms with Crippen LogP contribution in [-0.4, -0.2) is 17.9 Å². The zero-order valence-electron chi connectivity index (χ0n) is 16.0. The van der Waals surface area contributed by atoms with Crippen LogP contribution in [0.25, 0.3) is 11.1 Å². The summed E-state index contributed by atoms with van der Waals surface area (Å²) in [7, 11) is 0. The van der Waals surface area contributed by atoms with E-state index in [4.69, 9.17) is 0 Å². The third-order valence-electron chi connectivity index (χ3n) is 5.13. The van der Waals surface area contributed by atoms with E-state index < -0.39 is 0 Å². The van der Waals surface area contributed by atoms with Gasteiger partial charge in [-0.2, -0.15) is 0 Å². The first-order valence-corrected chi connectivity index (χ1v) is 9.55. The highest BCUT2D eigenvalue weighted by Crippen LogP contribution is 2.28. The molecule has 3 aromatic carbocycles. The van der Waals surface area contributed by atoms with Gasteiger partial charge in [-0.15, -0.1) is 0 Å². The first-order valence-electron chi connectivity index (χ1n) is 9.55. The Bertz CT molecular complexity index is 1080. The molecule has 4 nitrogen and oxygen atoms in total. The van der Waals surface area contributed by atoms with Crippen molar-refractivity contribution in [2.45, 2.75) is 25.8 Å². The van der Waals surface area contributed by atoms with Gasteiger partial charge in [0.25, 0.3) is 5.91 Å². The minimum atomic E-state index is -0.314. The summed E-state index contributed by atoms with van der Waals surface area (Å²) in [5, 5.41) is 5.92. The van der Waals surface area contributed by atoms with Crippen LogP contribution in [0.5, 0.6) is 0 Å². The number of hydrogen-bond acceptors (Lipinski definition) is 2. The molecule has 1 aliphatic carbocycles. The highest BCUT2D eigenvalue weighted by Gasteiger charge is 2.22. The monoisotopic (exact) mass is 388 g/mol. The van der Waals surface area contributed by atoms with Crippen molar-refractivity contribution in [1.82, 2.24) is 5.32 Å². The average Bonchev–Trinajstić information content (AvgIpc) is 3.09. The van der Waals surface area contributed by atoms with Gasteiger partial charge in [0.1, 0.15) is 5.82 Å². The van der Waals surface area contributed by atoms with Gasteiger partial charge in [0.15, 0.2) is 0 Å². The van der Waals surface area contributed by atoms with Gasteiger partial charge in [0.2, 0.25) is 5.91 Å². The molecule has 0 saturated heterocycles. The first kappa shape index (κ1) is 18.9. The topological polar surface area (TPSA) is 58.2 Å². The van der Waals surface area contributed by atoms with Crippen LogP contribution in [0.2, 0.25) is 0 Å². The van der Waals surface area contributed by atoms with Crippen LogP contribution < -0.4 is 10.6 Å². The minimum Gasteiger partial charge on any atom is -0.353 e. The van der Waals surface area contributed by atoms with E-state index in [9.17, 15) is 14.0 Å². The molecule has 0 saturated carbocycles. The normalized spacial score (nSPS) is 14.9. The Morgan fingerprint density at radius 1 is 0.931 bits per heavy atom. The molecule has 0 radical (unpaired) electrons. The van der Waals surface area contributed by atoms with E-state index in [2.05, 4.69) is 10.6 Å². The lowest BCUT2D eigenvalue weighted by atomic mass is 9.99. The second kappa shape index (κ2) is 7.87. The Labute approximate surface area is 168 Å². The summed E-state index contributed by atoms with van der Waals surface area (Å²) < 4.78 is 13.3. The predicted molar refractivity (Wildman–Crippen MR) is 111 cm³/mol. The number of rotatable bonds is 4. The molecule has 0 aliphatic heterocycles. The molecule has 1 atom stereocenters. The number of hydrogen-bond donors (Lipinski definition) is 2. The molecular weight excluding hydrogens is 367 g/mol. The van der Waals surface area contributed by atoms with Crippen molar-refractivity contribution in [1.29, 1.82) is 0 Å². The van der Waals surface area contributed by atoms with Gasteiger partial charge in [-0.1, -0.05) is 36.4 Å². The van der Waals surface area contributed by atoms with Crippen LogP contribution in [0.3, 0.4) is 0 Å². The zero-order valence-corrected chi connectivity index (χ0v) is 16.0. The summed E-state index contributed by atoms with van der Waals surface area (Å²) in [6.07, 6.45) is 1.56. The molecule has 2 N–H and O–H groups in total. The number of fused-ring (bicyclic) bond motifs is 1. The number of benzene rings is 3. The Morgan fingerprint density at radius 2 is 1.66 bits per heavy atom. The number of nitrogens with one attached hydrogen (secondary N) is 2. The van der Waals surface area contributed by atoms with Crippen LogP contribution in [0.1, 0.15) is 28.4 Å². The maximum absolute atomic E-state index is 13.3. The molecule has 0 heterocycles. The Hall–Kier alpha value is -3.47. The lowest BCUT2D eigenvalue weighted by molar-refractivity contribution is -0.119. The zero-order chi connectivity index (χ0) is 20.4. The summed E-state index contributed by atoms with van der Waals surface area (Å²) in [6.45, 7) is 1.52. The van der Waals surface area contributed by atoms with Crippen molar-refractivity contribution in [2.75, 3.05) is 5.32 Å². The molecule has 2 amide bonds. The number of halogens is 1. The second-order valence-corrected chi connectivity index (χ2v) is 7.30. The second-order valence-electron chi connectivity index (χ2n) is 7.30. The molecule has 29 heavy (non-hydrogen) atoms. The number of carbonyl (C=O) groups excluding carboxylic acids is 2. The van der Waals surface area contributed by atoms with Crippen molar-refractivity contribution in [2.24, 2.45) is 0 Å². The summed E-state index contributed by atoms with van der Waals surface area (Å²) in [4.78, 5) is 24.2. The molecular formula is C24H21FN2O2. The first-order chi connectivity index (χ1) is 14.0. The maximum atomic E-state index is 13.3. The molecule has 1 aliphatic rings. The van der Waals surface area contributed by atoms with E-state index in [0.29, 0.717) is 11.3 Å². The largest absolute Gasteiger partial charge is 0.353 e.